The molecule has 0 fully saturated rings. The highest BCUT2D eigenvalue weighted by Crippen LogP contribution is 2.12. The molecule has 21 heavy (non-hydrogen) atoms. The predicted octanol–water partition coefficient (Wildman–Crippen LogP) is 1.14. The second kappa shape index (κ2) is 7.64. The van der Waals surface area contributed by atoms with Crippen LogP contribution in [-0.2, 0) is 22.7 Å². The topological polar surface area (TPSA) is 93.4 Å². The van der Waals surface area contributed by atoms with Gasteiger partial charge >= 0.3 is 6.03 Å². The van der Waals surface area contributed by atoms with Gasteiger partial charge in [0.05, 0.1) is 12.0 Å². The second-order valence-corrected chi connectivity index (χ2v) is 5.49. The fraction of sp³-hybridized carbons (Fsp3) is 0.467. The lowest BCUT2D eigenvalue weighted by Gasteiger charge is -2.21. The van der Waals surface area contributed by atoms with Gasteiger partial charge < -0.3 is 21.1 Å². The van der Waals surface area contributed by atoms with E-state index in [0.29, 0.717) is 13.2 Å². The molecule has 1 rings (SSSR count). The lowest BCUT2D eigenvalue weighted by Crippen LogP contribution is -2.45. The monoisotopic (exact) mass is 293 g/mol. The van der Waals surface area contributed by atoms with Crippen molar-refractivity contribution in [2.24, 2.45) is 11.1 Å². The van der Waals surface area contributed by atoms with Crippen molar-refractivity contribution in [1.82, 2.24) is 10.6 Å². The molecule has 6 nitrogen and oxygen atoms in total. The third-order valence-electron chi connectivity index (χ3n) is 3.22. The third kappa shape index (κ3) is 5.43. The van der Waals surface area contributed by atoms with E-state index in [2.05, 4.69) is 10.6 Å². The summed E-state index contributed by atoms with van der Waals surface area (Å²) in [5.74, 6) is -0.451. The van der Waals surface area contributed by atoms with Crippen LogP contribution < -0.4 is 16.4 Å². The van der Waals surface area contributed by atoms with Gasteiger partial charge in [-0.25, -0.2) is 4.79 Å². The molecule has 4 N–H and O–H groups in total. The molecule has 0 bridgehead atoms. The second-order valence-electron chi connectivity index (χ2n) is 5.49. The van der Waals surface area contributed by atoms with Gasteiger partial charge in [0.15, 0.2) is 0 Å². The molecule has 0 atom stereocenters. The van der Waals surface area contributed by atoms with Crippen molar-refractivity contribution < 1.29 is 14.3 Å². The maximum absolute atomic E-state index is 11.7. The molecular weight excluding hydrogens is 270 g/mol. The Morgan fingerprint density at radius 1 is 1.19 bits per heavy atom. The van der Waals surface area contributed by atoms with Crippen molar-refractivity contribution >= 4 is 11.9 Å². The van der Waals surface area contributed by atoms with Gasteiger partial charge in [0, 0.05) is 20.2 Å². The van der Waals surface area contributed by atoms with Crippen LogP contribution in [0, 0.1) is 5.41 Å². The van der Waals surface area contributed by atoms with Crippen LogP contribution in [0.15, 0.2) is 24.3 Å². The molecule has 0 aliphatic heterocycles. The normalized spacial score (nSPS) is 11.0. The van der Waals surface area contributed by atoms with Crippen LogP contribution in [0.3, 0.4) is 0 Å². The lowest BCUT2D eigenvalue weighted by atomic mass is 9.93. The number of methoxy groups -OCH3 is 1. The first-order valence-corrected chi connectivity index (χ1v) is 6.74. The van der Waals surface area contributed by atoms with Crippen molar-refractivity contribution in [2.75, 3.05) is 13.7 Å². The molecule has 0 saturated carbocycles. The van der Waals surface area contributed by atoms with Crippen LogP contribution in [-0.4, -0.2) is 25.6 Å². The molecule has 1 aromatic rings. The number of urea groups is 1. The zero-order valence-electron chi connectivity index (χ0n) is 12.7. The number of ether oxygens (including phenoxy) is 1. The fourth-order valence-corrected chi connectivity index (χ4v) is 1.65. The van der Waals surface area contributed by atoms with E-state index in [1.54, 1.807) is 21.0 Å². The largest absolute Gasteiger partial charge is 0.380 e. The average molecular weight is 293 g/mol. The van der Waals surface area contributed by atoms with Crippen molar-refractivity contribution in [2.45, 2.75) is 27.0 Å². The summed E-state index contributed by atoms with van der Waals surface area (Å²) >= 11 is 0. The zero-order valence-corrected chi connectivity index (χ0v) is 12.7. The summed E-state index contributed by atoms with van der Waals surface area (Å²) in [4.78, 5) is 22.9. The number of carbonyl (C=O) groups is 2. The van der Waals surface area contributed by atoms with Crippen LogP contribution >= 0.6 is 0 Å². The molecule has 116 valence electrons. The van der Waals surface area contributed by atoms with Gasteiger partial charge in [-0.2, -0.15) is 0 Å². The Kier molecular flexibility index (Phi) is 6.17. The first-order valence-electron chi connectivity index (χ1n) is 6.74. The van der Waals surface area contributed by atoms with Gasteiger partial charge in [0.25, 0.3) is 0 Å². The Bertz CT molecular complexity index is 501. The molecule has 3 amide bonds. The summed E-state index contributed by atoms with van der Waals surface area (Å²) in [6.07, 6.45) is 0. The summed E-state index contributed by atoms with van der Waals surface area (Å²) in [5.41, 5.74) is 6.49. The standard InChI is InChI=1S/C15H23N3O3/c1-15(2,13(16)19)10-18-14(20)17-8-11-6-4-5-7-12(11)9-21-3/h4-7H,8-10H2,1-3H3,(H2,16,19)(H2,17,18,20). The SMILES string of the molecule is COCc1ccccc1CNC(=O)NCC(C)(C)C(N)=O. The Hall–Kier alpha value is -2.08. The maximum atomic E-state index is 11.7. The minimum Gasteiger partial charge on any atom is -0.380 e. The molecule has 0 saturated heterocycles. The molecule has 6 heteroatoms. The number of hydrogen-bond donors (Lipinski definition) is 3. The Labute approximate surface area is 125 Å². The minimum atomic E-state index is -0.773. The highest BCUT2D eigenvalue weighted by molar-refractivity contribution is 5.81. The van der Waals surface area contributed by atoms with Gasteiger partial charge in [-0.05, 0) is 25.0 Å². The number of hydrogen-bond acceptors (Lipinski definition) is 3. The van der Waals surface area contributed by atoms with E-state index in [4.69, 9.17) is 10.5 Å². The van der Waals surface area contributed by atoms with Gasteiger partial charge in [-0.3, -0.25) is 4.79 Å². The third-order valence-corrected chi connectivity index (χ3v) is 3.22. The maximum Gasteiger partial charge on any atom is 0.315 e. The number of nitrogens with two attached hydrogens (primary N) is 1. The summed E-state index contributed by atoms with van der Waals surface area (Å²) < 4.78 is 5.11. The van der Waals surface area contributed by atoms with E-state index in [1.807, 2.05) is 24.3 Å². The lowest BCUT2D eigenvalue weighted by molar-refractivity contribution is -0.125. The molecule has 0 unspecified atom stereocenters. The van der Waals surface area contributed by atoms with Crippen molar-refractivity contribution in [3.8, 4) is 0 Å². The molecule has 0 aliphatic rings. The van der Waals surface area contributed by atoms with Crippen molar-refractivity contribution in [3.05, 3.63) is 35.4 Å². The summed E-state index contributed by atoms with van der Waals surface area (Å²) in [6.45, 7) is 4.44. The Morgan fingerprint density at radius 2 is 1.81 bits per heavy atom. The van der Waals surface area contributed by atoms with Gasteiger partial charge in [0.1, 0.15) is 0 Å². The van der Waals surface area contributed by atoms with E-state index in [-0.39, 0.29) is 12.6 Å². The predicted molar refractivity (Wildman–Crippen MR) is 80.4 cm³/mol. The number of benzene rings is 1. The van der Waals surface area contributed by atoms with E-state index >= 15 is 0 Å². The molecular formula is C15H23N3O3. The van der Waals surface area contributed by atoms with Crippen molar-refractivity contribution in [3.63, 3.8) is 0 Å². The highest BCUT2D eigenvalue weighted by atomic mass is 16.5. The zero-order chi connectivity index (χ0) is 15.9. The van der Waals surface area contributed by atoms with Crippen LogP contribution in [0.25, 0.3) is 0 Å². The van der Waals surface area contributed by atoms with Gasteiger partial charge in [-0.1, -0.05) is 24.3 Å². The molecule has 0 heterocycles. The summed E-state index contributed by atoms with van der Waals surface area (Å²) in [6, 6.07) is 7.38. The first kappa shape index (κ1) is 17.0. The summed E-state index contributed by atoms with van der Waals surface area (Å²) in [5, 5.41) is 5.40. The van der Waals surface area contributed by atoms with Crippen LogP contribution in [0.2, 0.25) is 0 Å². The molecule has 0 aromatic heterocycles. The minimum absolute atomic E-state index is 0.188. The average Bonchev–Trinajstić information content (AvgIpc) is 2.44. The summed E-state index contributed by atoms with van der Waals surface area (Å²) in [7, 11) is 1.63. The van der Waals surface area contributed by atoms with Crippen LogP contribution in [0.4, 0.5) is 4.79 Å². The molecule has 0 aliphatic carbocycles. The van der Waals surface area contributed by atoms with Crippen LogP contribution in [0.1, 0.15) is 25.0 Å². The van der Waals surface area contributed by atoms with E-state index < -0.39 is 11.3 Å². The van der Waals surface area contributed by atoms with E-state index in [1.165, 1.54) is 0 Å². The van der Waals surface area contributed by atoms with E-state index in [0.717, 1.165) is 11.1 Å². The molecule has 0 radical (unpaired) electrons. The quantitative estimate of drug-likeness (QED) is 0.704. The highest BCUT2D eigenvalue weighted by Gasteiger charge is 2.25. The molecule has 0 spiro atoms. The number of amides is 3. The Balaban J connectivity index is 2.49. The number of nitrogens with one attached hydrogen (secondary N) is 2. The molecule has 1 aromatic carbocycles. The number of primary amides is 1. The fourth-order valence-electron chi connectivity index (χ4n) is 1.65. The smallest absolute Gasteiger partial charge is 0.315 e. The number of carbonyl (C=O) groups excluding carboxylic acids is 2. The van der Waals surface area contributed by atoms with Crippen LogP contribution in [0.5, 0.6) is 0 Å². The van der Waals surface area contributed by atoms with Gasteiger partial charge in [0.2, 0.25) is 5.91 Å². The van der Waals surface area contributed by atoms with Crippen molar-refractivity contribution in [1.29, 1.82) is 0 Å². The van der Waals surface area contributed by atoms with Gasteiger partial charge in [-0.15, -0.1) is 0 Å². The Morgan fingerprint density at radius 3 is 2.38 bits per heavy atom. The number of rotatable bonds is 7. The van der Waals surface area contributed by atoms with E-state index in [9.17, 15) is 9.59 Å². The first-order chi connectivity index (χ1) is 9.86.